The van der Waals surface area contributed by atoms with Gasteiger partial charge in [-0.1, -0.05) is 5.16 Å². The minimum absolute atomic E-state index is 0.164. The van der Waals surface area contributed by atoms with Gasteiger partial charge in [0.1, 0.15) is 5.69 Å². The average Bonchev–Trinajstić information content (AvgIpc) is 2.59. The van der Waals surface area contributed by atoms with Crippen molar-refractivity contribution in [2.75, 3.05) is 6.61 Å². The number of carbonyl (C=O) groups excluding carboxylic acids is 1. The molecule has 5 nitrogen and oxygen atoms in total. The standard InChI is InChI=1S/C7H8N2O3S/c1-2-12-7(10)6(9-11)5-3-13-4-8-5/h3-4,11H,2H2,1H3/b9-6-. The highest BCUT2D eigenvalue weighted by Crippen LogP contribution is 2.04. The lowest BCUT2D eigenvalue weighted by Crippen LogP contribution is -2.19. The van der Waals surface area contributed by atoms with Crippen LogP contribution in [0.25, 0.3) is 0 Å². The molecular formula is C7H8N2O3S. The molecule has 1 rings (SSSR count). The van der Waals surface area contributed by atoms with Crippen molar-refractivity contribution in [1.29, 1.82) is 0 Å². The van der Waals surface area contributed by atoms with E-state index in [0.29, 0.717) is 5.69 Å². The van der Waals surface area contributed by atoms with Crippen LogP contribution in [0, 0.1) is 0 Å². The highest BCUT2D eigenvalue weighted by atomic mass is 32.1. The summed E-state index contributed by atoms with van der Waals surface area (Å²) in [7, 11) is 0. The van der Waals surface area contributed by atoms with Gasteiger partial charge in [-0.3, -0.25) is 0 Å². The summed E-state index contributed by atoms with van der Waals surface area (Å²) in [5, 5.41) is 13.0. The highest BCUT2D eigenvalue weighted by Gasteiger charge is 2.17. The molecule has 0 aliphatic carbocycles. The fraction of sp³-hybridized carbons (Fsp3) is 0.286. The Kier molecular flexibility index (Phi) is 3.39. The number of carbonyl (C=O) groups is 1. The van der Waals surface area contributed by atoms with Crippen LogP contribution in [0.15, 0.2) is 16.0 Å². The van der Waals surface area contributed by atoms with Crippen molar-refractivity contribution in [3.05, 3.63) is 16.6 Å². The van der Waals surface area contributed by atoms with Gasteiger partial charge in [-0.05, 0) is 6.92 Å². The lowest BCUT2D eigenvalue weighted by Gasteiger charge is -1.99. The van der Waals surface area contributed by atoms with Crippen molar-refractivity contribution < 1.29 is 14.7 Å². The van der Waals surface area contributed by atoms with Crippen LogP contribution >= 0.6 is 11.3 Å². The van der Waals surface area contributed by atoms with Gasteiger partial charge in [0.2, 0.25) is 5.71 Å². The topological polar surface area (TPSA) is 71.8 Å². The second-order valence-corrected chi connectivity index (χ2v) is 2.76. The van der Waals surface area contributed by atoms with E-state index >= 15 is 0 Å². The predicted molar refractivity (Wildman–Crippen MR) is 47.1 cm³/mol. The maximum absolute atomic E-state index is 11.1. The zero-order chi connectivity index (χ0) is 9.68. The zero-order valence-electron chi connectivity index (χ0n) is 6.93. The van der Waals surface area contributed by atoms with E-state index in [-0.39, 0.29) is 12.3 Å². The maximum atomic E-state index is 11.1. The van der Waals surface area contributed by atoms with Gasteiger partial charge < -0.3 is 9.94 Å². The van der Waals surface area contributed by atoms with E-state index in [1.54, 1.807) is 17.8 Å². The first-order valence-corrected chi connectivity index (χ1v) is 4.51. The monoisotopic (exact) mass is 200 g/mol. The van der Waals surface area contributed by atoms with E-state index in [2.05, 4.69) is 14.9 Å². The second-order valence-electron chi connectivity index (χ2n) is 2.04. The van der Waals surface area contributed by atoms with E-state index in [1.807, 2.05) is 0 Å². The van der Waals surface area contributed by atoms with Crippen molar-refractivity contribution >= 4 is 23.0 Å². The van der Waals surface area contributed by atoms with E-state index in [4.69, 9.17) is 5.21 Å². The largest absolute Gasteiger partial charge is 0.461 e. The molecule has 13 heavy (non-hydrogen) atoms. The van der Waals surface area contributed by atoms with Gasteiger partial charge in [0, 0.05) is 5.38 Å². The zero-order valence-corrected chi connectivity index (χ0v) is 7.74. The highest BCUT2D eigenvalue weighted by molar-refractivity contribution is 7.07. The molecule has 0 aliphatic rings. The van der Waals surface area contributed by atoms with Crippen LogP contribution in [0.1, 0.15) is 12.6 Å². The molecule has 0 aliphatic heterocycles. The summed E-state index contributed by atoms with van der Waals surface area (Å²) in [6, 6.07) is 0. The molecule has 0 spiro atoms. The quantitative estimate of drug-likeness (QED) is 0.340. The van der Waals surface area contributed by atoms with E-state index in [1.165, 1.54) is 11.3 Å². The second kappa shape index (κ2) is 4.56. The number of hydrogen-bond acceptors (Lipinski definition) is 6. The third-order valence-electron chi connectivity index (χ3n) is 1.24. The van der Waals surface area contributed by atoms with Crippen LogP contribution in [0.3, 0.4) is 0 Å². The lowest BCUT2D eigenvalue weighted by atomic mass is 10.3. The third-order valence-corrected chi connectivity index (χ3v) is 1.83. The van der Waals surface area contributed by atoms with Gasteiger partial charge in [-0.2, -0.15) is 0 Å². The van der Waals surface area contributed by atoms with Crippen molar-refractivity contribution in [2.24, 2.45) is 5.16 Å². The van der Waals surface area contributed by atoms with Gasteiger partial charge in [0.05, 0.1) is 12.1 Å². The molecule has 0 atom stereocenters. The predicted octanol–water partition coefficient (Wildman–Crippen LogP) is 0.885. The van der Waals surface area contributed by atoms with Crippen LogP contribution in [0.5, 0.6) is 0 Å². The maximum Gasteiger partial charge on any atom is 0.362 e. The number of nitrogens with zero attached hydrogens (tertiary/aromatic N) is 2. The smallest absolute Gasteiger partial charge is 0.362 e. The Bertz CT molecular complexity index is 308. The van der Waals surface area contributed by atoms with Crippen LogP contribution < -0.4 is 0 Å². The Morgan fingerprint density at radius 1 is 1.85 bits per heavy atom. The first kappa shape index (κ1) is 9.66. The number of thiazole rings is 1. The van der Waals surface area contributed by atoms with Gasteiger partial charge >= 0.3 is 5.97 Å². The number of aromatic nitrogens is 1. The van der Waals surface area contributed by atoms with Crippen molar-refractivity contribution in [3.8, 4) is 0 Å². The third kappa shape index (κ3) is 2.25. The summed E-state index contributed by atoms with van der Waals surface area (Å²) >= 11 is 1.31. The van der Waals surface area contributed by atoms with Gasteiger partial charge in [-0.15, -0.1) is 11.3 Å². The van der Waals surface area contributed by atoms with Crippen LogP contribution in [-0.4, -0.2) is 28.5 Å². The summed E-state index contributed by atoms with van der Waals surface area (Å²) in [6.07, 6.45) is 0. The van der Waals surface area contributed by atoms with E-state index in [9.17, 15) is 4.79 Å². The SMILES string of the molecule is CCOC(=O)/C(=N\O)c1cscn1. The summed E-state index contributed by atoms with van der Waals surface area (Å²) in [6.45, 7) is 1.91. The fourth-order valence-corrected chi connectivity index (χ4v) is 1.26. The first-order chi connectivity index (χ1) is 6.29. The molecule has 0 radical (unpaired) electrons. The number of esters is 1. The van der Waals surface area contributed by atoms with Crippen LogP contribution in [0.2, 0.25) is 0 Å². The molecule has 0 unspecified atom stereocenters. The molecule has 0 bridgehead atoms. The van der Waals surface area contributed by atoms with Gasteiger partial charge in [-0.25, -0.2) is 9.78 Å². The molecule has 1 aromatic heterocycles. The Labute approximate surface area is 78.7 Å². The average molecular weight is 200 g/mol. The van der Waals surface area contributed by atoms with Crippen molar-refractivity contribution in [1.82, 2.24) is 4.98 Å². The van der Waals surface area contributed by atoms with Crippen molar-refractivity contribution in [2.45, 2.75) is 6.92 Å². The molecule has 1 N–H and O–H groups in total. The lowest BCUT2D eigenvalue weighted by molar-refractivity contribution is -0.135. The van der Waals surface area contributed by atoms with E-state index in [0.717, 1.165) is 0 Å². The molecule has 0 amide bonds. The minimum atomic E-state index is -0.670. The molecule has 0 aromatic carbocycles. The minimum Gasteiger partial charge on any atom is -0.461 e. The number of oxime groups is 1. The number of hydrogen-bond donors (Lipinski definition) is 1. The Morgan fingerprint density at radius 2 is 2.62 bits per heavy atom. The molecule has 1 aromatic rings. The molecule has 0 saturated heterocycles. The first-order valence-electron chi connectivity index (χ1n) is 3.57. The van der Waals surface area contributed by atoms with Gasteiger partial charge in [0.15, 0.2) is 0 Å². The molecule has 0 saturated carbocycles. The Balaban J connectivity index is 2.82. The fourth-order valence-electron chi connectivity index (χ4n) is 0.726. The van der Waals surface area contributed by atoms with Crippen molar-refractivity contribution in [3.63, 3.8) is 0 Å². The molecule has 6 heteroatoms. The summed E-state index contributed by atoms with van der Waals surface area (Å²) in [5.41, 5.74) is 1.70. The van der Waals surface area contributed by atoms with Gasteiger partial charge in [0.25, 0.3) is 0 Å². The summed E-state index contributed by atoms with van der Waals surface area (Å²) < 4.78 is 4.65. The van der Waals surface area contributed by atoms with Crippen LogP contribution in [-0.2, 0) is 9.53 Å². The van der Waals surface area contributed by atoms with E-state index < -0.39 is 5.97 Å². The molecule has 0 fully saturated rings. The molecular weight excluding hydrogens is 192 g/mol. The summed E-state index contributed by atoms with van der Waals surface area (Å²) in [5.74, 6) is -0.670. The molecule has 1 heterocycles. The molecule has 70 valence electrons. The van der Waals surface area contributed by atoms with Crippen LogP contribution in [0.4, 0.5) is 0 Å². The normalized spacial score (nSPS) is 11.3. The Morgan fingerprint density at radius 3 is 3.08 bits per heavy atom. The Hall–Kier alpha value is -1.43. The number of ether oxygens (including phenoxy) is 1. The summed E-state index contributed by atoms with van der Waals surface area (Å²) in [4.78, 5) is 14.9. The number of rotatable bonds is 3.